The van der Waals surface area contributed by atoms with Gasteiger partial charge in [-0.15, -0.1) is 0 Å². The fourth-order valence-corrected chi connectivity index (χ4v) is 5.24. The normalized spacial score (nSPS) is 16.8. The number of rotatable bonds is 6. The summed E-state index contributed by atoms with van der Waals surface area (Å²) in [5, 5.41) is 9.83. The van der Waals surface area contributed by atoms with Crippen molar-refractivity contribution in [3.63, 3.8) is 0 Å². The Hall–Kier alpha value is -3.22. The molecular formula is C29H30CaF4N4O4. The van der Waals surface area contributed by atoms with E-state index in [0.717, 1.165) is 17.8 Å². The molecule has 0 aromatic heterocycles. The van der Waals surface area contributed by atoms with Gasteiger partial charge in [0, 0.05) is 43.5 Å². The number of benzene rings is 3. The van der Waals surface area contributed by atoms with Crippen molar-refractivity contribution in [2.75, 3.05) is 50.2 Å². The van der Waals surface area contributed by atoms with Gasteiger partial charge in [-0.3, -0.25) is 4.79 Å². The number of para-hydroxylation sites is 1. The first-order valence-corrected chi connectivity index (χ1v) is 12.9. The maximum absolute atomic E-state index is 15.1. The van der Waals surface area contributed by atoms with Crippen molar-refractivity contribution in [1.29, 1.82) is 0 Å². The van der Waals surface area contributed by atoms with Gasteiger partial charge in [0.25, 0.3) is 0 Å². The van der Waals surface area contributed by atoms with Crippen LogP contribution in [0.3, 0.4) is 0 Å². The molecule has 0 amide bonds. The number of guanidine groups is 1. The summed E-state index contributed by atoms with van der Waals surface area (Å²) in [7, 11) is 2.90. The fraction of sp³-hybridized carbons (Fsp3) is 0.310. The summed E-state index contributed by atoms with van der Waals surface area (Å²) >= 11 is 0. The zero-order valence-corrected chi connectivity index (χ0v) is 22.4. The Labute approximate surface area is 270 Å². The molecule has 42 heavy (non-hydrogen) atoms. The first kappa shape index (κ1) is 31.7. The SMILES string of the molecule is COc1cccc(N2CCN(C3=Nc4c(F)cccc4[C@H](CC(=O)O)N3c3cc(C(F)(F)F)ccc3OC)CC2)c1.[CaH2]. The number of aliphatic imine (C=N–C) groups is 1. The summed E-state index contributed by atoms with van der Waals surface area (Å²) < 4.78 is 67.3. The monoisotopic (exact) mass is 614 g/mol. The number of methoxy groups -OCH3 is 2. The summed E-state index contributed by atoms with van der Waals surface area (Å²) in [4.78, 5) is 22.0. The van der Waals surface area contributed by atoms with Crippen LogP contribution in [0, 0.1) is 5.82 Å². The Morgan fingerprint density at radius 1 is 0.976 bits per heavy atom. The van der Waals surface area contributed by atoms with E-state index in [1.807, 2.05) is 29.2 Å². The molecule has 1 atom stereocenters. The van der Waals surface area contributed by atoms with Crippen LogP contribution >= 0.6 is 0 Å². The maximum atomic E-state index is 15.1. The molecule has 3 aromatic rings. The number of alkyl halides is 3. The van der Waals surface area contributed by atoms with Crippen LogP contribution in [0.25, 0.3) is 0 Å². The van der Waals surface area contributed by atoms with E-state index in [0.29, 0.717) is 31.9 Å². The van der Waals surface area contributed by atoms with Crippen LogP contribution in [0.5, 0.6) is 11.5 Å². The Morgan fingerprint density at radius 2 is 1.67 bits per heavy atom. The summed E-state index contributed by atoms with van der Waals surface area (Å²) in [5.41, 5.74) is 0.204. The van der Waals surface area contributed by atoms with Gasteiger partial charge in [-0.1, -0.05) is 18.2 Å². The van der Waals surface area contributed by atoms with Crippen LogP contribution in [0.4, 0.5) is 34.6 Å². The van der Waals surface area contributed by atoms with Gasteiger partial charge in [-0.2, -0.15) is 13.2 Å². The first-order valence-electron chi connectivity index (χ1n) is 12.9. The molecule has 8 nitrogen and oxygen atoms in total. The van der Waals surface area contributed by atoms with Gasteiger partial charge in [-0.25, -0.2) is 9.38 Å². The number of carboxylic acids is 1. The minimum atomic E-state index is -4.66. The molecule has 0 spiro atoms. The van der Waals surface area contributed by atoms with Gasteiger partial charge in [0.2, 0.25) is 5.96 Å². The molecule has 2 aliphatic heterocycles. The molecule has 0 bridgehead atoms. The Balaban J connectivity index is 0.00000405. The standard InChI is InChI=1S/C29H28F4N4O4.Ca.2H/c1-40-20-6-3-5-19(16-20)35-11-13-36(14-12-35)28-34-27-21(7-4-8-22(27)30)23(17-26(38)39)37(28)24-15-18(29(31,32)33)9-10-25(24)41-2;;;/h3-10,15-16,23H,11-14,17H2,1-2H3,(H,38,39);;;/t23-;;;/m0.../s1. The number of anilines is 2. The van der Waals surface area contributed by atoms with Crippen molar-refractivity contribution in [2.24, 2.45) is 4.99 Å². The number of piperazine rings is 1. The first-order chi connectivity index (χ1) is 19.6. The molecule has 0 radical (unpaired) electrons. The van der Waals surface area contributed by atoms with Crippen molar-refractivity contribution < 1.29 is 36.9 Å². The Kier molecular flexibility index (Phi) is 9.79. The molecular weight excluding hydrogens is 584 g/mol. The van der Waals surface area contributed by atoms with Gasteiger partial charge < -0.3 is 29.3 Å². The predicted molar refractivity (Wildman–Crippen MR) is 154 cm³/mol. The number of carboxylic acid groups (broad SMARTS) is 1. The second-order valence-electron chi connectivity index (χ2n) is 9.63. The average molecular weight is 615 g/mol. The molecule has 3 aromatic carbocycles. The third kappa shape index (κ3) is 6.40. The van der Waals surface area contributed by atoms with Crippen LogP contribution < -0.4 is 19.3 Å². The van der Waals surface area contributed by atoms with E-state index in [1.165, 1.54) is 30.2 Å². The van der Waals surface area contributed by atoms with Gasteiger partial charge in [0.1, 0.15) is 23.0 Å². The molecule has 2 aliphatic rings. The quantitative estimate of drug-likeness (QED) is 0.316. The van der Waals surface area contributed by atoms with Crippen molar-refractivity contribution in [1.82, 2.24) is 4.90 Å². The molecule has 1 fully saturated rings. The molecule has 0 aliphatic carbocycles. The van der Waals surface area contributed by atoms with Crippen LogP contribution in [0.1, 0.15) is 23.6 Å². The van der Waals surface area contributed by atoms with Crippen LogP contribution in [-0.2, 0) is 11.0 Å². The second kappa shape index (κ2) is 13.0. The average Bonchev–Trinajstić information content (AvgIpc) is 2.96. The van der Waals surface area contributed by atoms with E-state index in [2.05, 4.69) is 9.89 Å². The molecule has 5 rings (SSSR count). The summed E-state index contributed by atoms with van der Waals surface area (Å²) in [6, 6.07) is 13.7. The fourth-order valence-electron chi connectivity index (χ4n) is 5.24. The molecule has 1 N–H and O–H groups in total. The third-order valence-electron chi connectivity index (χ3n) is 7.23. The number of halogens is 4. The van der Waals surface area contributed by atoms with Crippen molar-refractivity contribution >= 4 is 66.7 Å². The van der Waals surface area contributed by atoms with E-state index in [4.69, 9.17) is 9.47 Å². The molecule has 0 unspecified atom stereocenters. The van der Waals surface area contributed by atoms with Crippen molar-refractivity contribution in [3.8, 4) is 11.5 Å². The van der Waals surface area contributed by atoms with E-state index in [1.54, 1.807) is 13.2 Å². The molecule has 220 valence electrons. The van der Waals surface area contributed by atoms with Crippen molar-refractivity contribution in [3.05, 3.63) is 77.6 Å². The number of fused-ring (bicyclic) bond motifs is 1. The van der Waals surface area contributed by atoms with Crippen LogP contribution in [0.15, 0.2) is 65.7 Å². The molecule has 2 heterocycles. The summed E-state index contributed by atoms with van der Waals surface area (Å²) in [6.45, 7) is 1.82. The second-order valence-corrected chi connectivity index (χ2v) is 9.63. The third-order valence-corrected chi connectivity index (χ3v) is 7.23. The number of aliphatic carboxylic acids is 1. The van der Waals surface area contributed by atoms with Crippen molar-refractivity contribution in [2.45, 2.75) is 18.6 Å². The number of carbonyl (C=O) groups is 1. The predicted octanol–water partition coefficient (Wildman–Crippen LogP) is 4.79. The van der Waals surface area contributed by atoms with E-state index in [-0.39, 0.29) is 66.4 Å². The summed E-state index contributed by atoms with van der Waals surface area (Å²) in [6.07, 6.45) is -5.18. The number of ether oxygens (including phenoxy) is 2. The van der Waals surface area contributed by atoms with Gasteiger partial charge in [0.05, 0.1) is 37.9 Å². The minimum absolute atomic E-state index is 0. The van der Waals surface area contributed by atoms with Gasteiger partial charge in [-0.05, 0) is 36.4 Å². The summed E-state index contributed by atoms with van der Waals surface area (Å²) in [5.74, 6) is -0.910. The Bertz CT molecular complexity index is 1480. The molecule has 0 saturated carbocycles. The number of hydrogen-bond donors (Lipinski definition) is 1. The van der Waals surface area contributed by atoms with Gasteiger partial charge >= 0.3 is 49.9 Å². The van der Waals surface area contributed by atoms with Crippen LogP contribution in [0.2, 0.25) is 0 Å². The zero-order chi connectivity index (χ0) is 29.3. The number of nitrogens with zero attached hydrogens (tertiary/aromatic N) is 4. The molecule has 13 heteroatoms. The number of hydrogen-bond acceptors (Lipinski definition) is 7. The van der Waals surface area contributed by atoms with E-state index < -0.39 is 36.0 Å². The Morgan fingerprint density at radius 3 is 2.31 bits per heavy atom. The topological polar surface area (TPSA) is 77.8 Å². The van der Waals surface area contributed by atoms with Gasteiger partial charge in [0.15, 0.2) is 0 Å². The van der Waals surface area contributed by atoms with Crippen LogP contribution in [-0.4, -0.2) is 100 Å². The molecule has 1 saturated heterocycles. The zero-order valence-electron chi connectivity index (χ0n) is 22.4. The van der Waals surface area contributed by atoms with E-state index in [9.17, 15) is 23.1 Å². The van der Waals surface area contributed by atoms with E-state index >= 15 is 4.39 Å².